The van der Waals surface area contributed by atoms with E-state index in [2.05, 4.69) is 5.32 Å². The van der Waals surface area contributed by atoms with Crippen LogP contribution in [0.1, 0.15) is 65.4 Å². The van der Waals surface area contributed by atoms with Gasteiger partial charge in [-0.3, -0.25) is 4.79 Å². The van der Waals surface area contributed by atoms with Crippen molar-refractivity contribution >= 4 is 24.5 Å². The van der Waals surface area contributed by atoms with Gasteiger partial charge in [-0.05, 0) is 51.6 Å². The summed E-state index contributed by atoms with van der Waals surface area (Å²) in [5.74, 6) is -1.20. The van der Waals surface area contributed by atoms with Gasteiger partial charge in [0.2, 0.25) is 5.91 Å². The number of hydrogen-bond acceptors (Lipinski definition) is 4. The van der Waals surface area contributed by atoms with E-state index >= 15 is 0 Å². The number of carbonyl (C=O) groups is 2. The van der Waals surface area contributed by atoms with E-state index in [1.807, 2.05) is 52.0 Å². The van der Waals surface area contributed by atoms with E-state index < -0.39 is 30.3 Å². The molecule has 1 heterocycles. The summed E-state index contributed by atoms with van der Waals surface area (Å²) in [7, 11) is -0.449. The molecule has 1 aliphatic carbocycles. The summed E-state index contributed by atoms with van der Waals surface area (Å²) in [4.78, 5) is 24.1. The number of nitrogens with one attached hydrogen (secondary N) is 1. The number of amides is 1. The van der Waals surface area contributed by atoms with E-state index in [1.165, 1.54) is 0 Å². The summed E-state index contributed by atoms with van der Waals surface area (Å²) in [5, 5.41) is 12.3. The fourth-order valence-electron chi connectivity index (χ4n) is 3.88. The monoisotopic (exact) mass is 401 g/mol. The van der Waals surface area contributed by atoms with Crippen LogP contribution in [0.4, 0.5) is 0 Å². The summed E-state index contributed by atoms with van der Waals surface area (Å²) in [6.07, 6.45) is 5.17. The zero-order valence-electron chi connectivity index (χ0n) is 17.9. The quantitative estimate of drug-likeness (QED) is 0.716. The van der Waals surface area contributed by atoms with Gasteiger partial charge in [0, 0.05) is 12.3 Å². The van der Waals surface area contributed by atoms with Crippen LogP contribution in [0.5, 0.6) is 0 Å². The lowest BCUT2D eigenvalue weighted by molar-refractivity contribution is -0.142. The number of rotatable bonds is 6. The van der Waals surface area contributed by atoms with Crippen LogP contribution >= 0.6 is 0 Å². The number of carboxylic acid groups (broad SMARTS) is 1. The van der Waals surface area contributed by atoms with Gasteiger partial charge in [-0.15, -0.1) is 0 Å². The van der Waals surface area contributed by atoms with E-state index in [9.17, 15) is 14.7 Å². The SMILES string of the molecule is CC1(C)OB(c2ccc(C[C@H](NC(=O)C3CCCCC3)C(=O)O)cc2)OC1(C)C. The van der Waals surface area contributed by atoms with Crippen LogP contribution < -0.4 is 10.8 Å². The molecule has 1 saturated carbocycles. The average molecular weight is 401 g/mol. The third-order valence-corrected chi connectivity index (χ3v) is 6.54. The van der Waals surface area contributed by atoms with Crippen molar-refractivity contribution in [3.63, 3.8) is 0 Å². The molecule has 1 atom stereocenters. The molecule has 1 aliphatic heterocycles. The maximum absolute atomic E-state index is 12.4. The second kappa shape index (κ2) is 8.48. The summed E-state index contributed by atoms with van der Waals surface area (Å²) >= 11 is 0. The molecule has 0 bridgehead atoms. The third-order valence-electron chi connectivity index (χ3n) is 6.54. The van der Waals surface area contributed by atoms with Gasteiger partial charge in [0.25, 0.3) is 0 Å². The highest BCUT2D eigenvalue weighted by Gasteiger charge is 2.51. The number of carbonyl (C=O) groups excluding carboxylic acids is 1. The largest absolute Gasteiger partial charge is 0.494 e. The normalized spacial score (nSPS) is 22.3. The Morgan fingerprint density at radius 3 is 2.14 bits per heavy atom. The molecule has 0 aromatic heterocycles. The summed E-state index contributed by atoms with van der Waals surface area (Å²) in [6, 6.07) is 6.64. The first-order valence-electron chi connectivity index (χ1n) is 10.6. The molecule has 3 rings (SSSR count). The zero-order valence-corrected chi connectivity index (χ0v) is 17.9. The fraction of sp³-hybridized carbons (Fsp3) is 0.636. The Labute approximate surface area is 173 Å². The van der Waals surface area contributed by atoms with Crippen LogP contribution in [-0.4, -0.2) is 41.3 Å². The number of benzene rings is 1. The van der Waals surface area contributed by atoms with Crippen molar-refractivity contribution in [2.75, 3.05) is 0 Å². The molecule has 1 aromatic rings. The van der Waals surface area contributed by atoms with Crippen LogP contribution in [0.3, 0.4) is 0 Å². The van der Waals surface area contributed by atoms with Crippen molar-refractivity contribution in [1.29, 1.82) is 0 Å². The highest BCUT2D eigenvalue weighted by molar-refractivity contribution is 6.62. The van der Waals surface area contributed by atoms with Gasteiger partial charge in [0.15, 0.2) is 0 Å². The third kappa shape index (κ3) is 5.01. The fourth-order valence-corrected chi connectivity index (χ4v) is 3.88. The average Bonchev–Trinajstić information content (AvgIpc) is 2.89. The zero-order chi connectivity index (χ0) is 21.2. The molecule has 29 heavy (non-hydrogen) atoms. The van der Waals surface area contributed by atoms with Gasteiger partial charge in [0.05, 0.1) is 11.2 Å². The first-order valence-corrected chi connectivity index (χ1v) is 10.6. The molecule has 2 aliphatic rings. The van der Waals surface area contributed by atoms with E-state index in [-0.39, 0.29) is 18.2 Å². The Morgan fingerprint density at radius 2 is 1.62 bits per heavy atom. The van der Waals surface area contributed by atoms with Crippen LogP contribution in [0.15, 0.2) is 24.3 Å². The molecule has 0 spiro atoms. The Bertz CT molecular complexity index is 724. The standard InChI is InChI=1S/C22H32BNO5/c1-21(2)22(3,4)29-23(28-21)17-12-10-15(11-13-17)14-18(20(26)27)24-19(25)16-8-6-5-7-9-16/h10-13,16,18H,5-9,14H2,1-4H3,(H,24,25)(H,26,27)/t18-/m0/s1. The minimum absolute atomic E-state index is 0.0589. The molecule has 1 aromatic carbocycles. The predicted molar refractivity (Wildman–Crippen MR) is 112 cm³/mol. The second-order valence-corrected chi connectivity index (χ2v) is 9.27. The van der Waals surface area contributed by atoms with Crippen LogP contribution in [0.2, 0.25) is 0 Å². The van der Waals surface area contributed by atoms with Crippen molar-refractivity contribution in [2.24, 2.45) is 5.92 Å². The lowest BCUT2D eigenvalue weighted by Gasteiger charge is -2.32. The van der Waals surface area contributed by atoms with E-state index in [1.54, 1.807) is 0 Å². The molecule has 6 nitrogen and oxygen atoms in total. The summed E-state index contributed by atoms with van der Waals surface area (Å²) < 4.78 is 12.1. The lowest BCUT2D eigenvalue weighted by atomic mass is 9.78. The maximum atomic E-state index is 12.4. The van der Waals surface area contributed by atoms with Crippen molar-refractivity contribution in [2.45, 2.75) is 83.5 Å². The smallest absolute Gasteiger partial charge is 0.480 e. The first kappa shape index (κ1) is 21.8. The molecule has 0 unspecified atom stereocenters. The van der Waals surface area contributed by atoms with E-state index in [0.717, 1.165) is 43.1 Å². The Hall–Kier alpha value is -1.86. The minimum Gasteiger partial charge on any atom is -0.480 e. The molecule has 2 fully saturated rings. The van der Waals surface area contributed by atoms with Gasteiger partial charge in [0.1, 0.15) is 6.04 Å². The minimum atomic E-state index is -1.01. The van der Waals surface area contributed by atoms with Crippen LogP contribution in [0, 0.1) is 5.92 Å². The Balaban J connectivity index is 1.62. The van der Waals surface area contributed by atoms with Gasteiger partial charge >= 0.3 is 13.1 Å². The summed E-state index contributed by atoms with van der Waals surface area (Å²) in [5.41, 5.74) is 0.926. The molecule has 2 N–H and O–H groups in total. The van der Waals surface area contributed by atoms with Crippen molar-refractivity contribution < 1.29 is 24.0 Å². The molecule has 7 heteroatoms. The van der Waals surface area contributed by atoms with Crippen molar-refractivity contribution in [1.82, 2.24) is 5.32 Å². The van der Waals surface area contributed by atoms with E-state index in [0.29, 0.717) is 0 Å². The van der Waals surface area contributed by atoms with Crippen molar-refractivity contribution in [3.8, 4) is 0 Å². The number of carboxylic acids is 1. The van der Waals surface area contributed by atoms with Crippen LogP contribution in [0.25, 0.3) is 0 Å². The molecule has 0 radical (unpaired) electrons. The van der Waals surface area contributed by atoms with Gasteiger partial charge in [-0.2, -0.15) is 0 Å². The van der Waals surface area contributed by atoms with Crippen molar-refractivity contribution in [3.05, 3.63) is 29.8 Å². The highest BCUT2D eigenvalue weighted by atomic mass is 16.7. The summed E-state index contributed by atoms with van der Waals surface area (Å²) in [6.45, 7) is 8.03. The molecular formula is C22H32BNO5. The van der Waals surface area contributed by atoms with E-state index in [4.69, 9.17) is 9.31 Å². The highest BCUT2D eigenvalue weighted by Crippen LogP contribution is 2.36. The van der Waals surface area contributed by atoms with Gasteiger partial charge < -0.3 is 19.7 Å². The van der Waals surface area contributed by atoms with Gasteiger partial charge in [-0.1, -0.05) is 43.5 Å². The maximum Gasteiger partial charge on any atom is 0.494 e. The topological polar surface area (TPSA) is 84.9 Å². The Kier molecular flexibility index (Phi) is 6.39. The van der Waals surface area contributed by atoms with Crippen LogP contribution in [-0.2, 0) is 25.3 Å². The lowest BCUT2D eigenvalue weighted by Crippen LogP contribution is -2.45. The van der Waals surface area contributed by atoms with Gasteiger partial charge in [-0.25, -0.2) is 4.79 Å². The number of hydrogen-bond donors (Lipinski definition) is 2. The molecular weight excluding hydrogens is 369 g/mol. The Morgan fingerprint density at radius 1 is 1.07 bits per heavy atom. The predicted octanol–water partition coefficient (Wildman–Crippen LogP) is 2.68. The first-order chi connectivity index (χ1) is 13.6. The molecule has 1 saturated heterocycles. The number of aliphatic carboxylic acids is 1. The molecule has 158 valence electrons. The molecule has 1 amide bonds. The second-order valence-electron chi connectivity index (χ2n) is 9.27.